The largest absolute Gasteiger partial charge is 0.472 e. The lowest BCUT2D eigenvalue weighted by Crippen LogP contribution is -2.37. The van der Waals surface area contributed by atoms with Gasteiger partial charge in [0.15, 0.2) is 6.10 Å². The van der Waals surface area contributed by atoms with E-state index in [4.69, 9.17) is 18.5 Å². The molecule has 13 heteroatoms. The van der Waals surface area contributed by atoms with Crippen LogP contribution in [0.5, 0.6) is 0 Å². The third-order valence-corrected chi connectivity index (χ3v) is 11.8. The molecule has 0 aliphatic heterocycles. The van der Waals surface area contributed by atoms with E-state index < -0.39 is 50.8 Å². The van der Waals surface area contributed by atoms with Crippen molar-refractivity contribution in [2.24, 2.45) is 11.8 Å². The maximum absolute atomic E-state index is 12.7. The maximum Gasteiger partial charge on any atom is 0.472 e. The van der Waals surface area contributed by atoms with Gasteiger partial charge in [0.1, 0.15) is 19.8 Å². The quantitative estimate of drug-likeness (QED) is 0.0155. The van der Waals surface area contributed by atoms with Gasteiger partial charge in [0, 0.05) is 25.2 Å². The number of hydrogen-bond acceptors (Lipinski definition) is 10. The number of nitrogens with zero attached hydrogens (tertiary/aromatic N) is 1. The van der Waals surface area contributed by atoms with Crippen LogP contribution < -0.4 is 0 Å². The number of likely N-dealkylation sites (N-methyl/N-ethyl adjacent to an activating group) is 1. The summed E-state index contributed by atoms with van der Waals surface area (Å²) in [6, 6.07) is 0. The first kappa shape index (κ1) is 54.4. The topological polar surface area (TPSA) is 169 Å². The lowest BCUT2D eigenvalue weighted by molar-refractivity contribution is -0.870. The summed E-state index contributed by atoms with van der Waals surface area (Å²) in [5.74, 6) is -1.38. The van der Waals surface area contributed by atoms with Crippen LogP contribution in [0, 0.1) is 11.8 Å². The normalized spacial score (nSPS) is 20.8. The van der Waals surface area contributed by atoms with Crippen molar-refractivity contribution in [1.29, 1.82) is 0 Å². The number of hydrogen-bond donors (Lipinski definition) is 4. The third kappa shape index (κ3) is 29.6. The van der Waals surface area contributed by atoms with Crippen LogP contribution in [-0.2, 0) is 32.7 Å². The Bertz CT molecular complexity index is 1160. The average molecular weight is 847 g/mol. The molecule has 0 amide bonds. The van der Waals surface area contributed by atoms with E-state index >= 15 is 0 Å². The fourth-order valence-electron chi connectivity index (χ4n) is 7.13. The molecule has 1 fully saturated rings. The summed E-state index contributed by atoms with van der Waals surface area (Å²) < 4.78 is 34.3. The van der Waals surface area contributed by atoms with Gasteiger partial charge in [-0.1, -0.05) is 141 Å². The van der Waals surface area contributed by atoms with E-state index in [0.717, 1.165) is 38.5 Å². The number of rotatable bonds is 37. The molecule has 58 heavy (non-hydrogen) atoms. The summed E-state index contributed by atoms with van der Waals surface area (Å²) in [6.45, 7) is 4.05. The van der Waals surface area contributed by atoms with Crippen molar-refractivity contribution >= 4 is 19.8 Å². The molecule has 1 aliphatic rings. The highest BCUT2D eigenvalue weighted by Crippen LogP contribution is 2.43. The summed E-state index contributed by atoms with van der Waals surface area (Å²) in [5, 5.41) is 31.3. The maximum atomic E-state index is 12.7. The van der Waals surface area contributed by atoms with Crippen LogP contribution in [0.15, 0.2) is 24.3 Å². The smallest absolute Gasteiger partial charge is 0.462 e. The molecule has 0 saturated heterocycles. The van der Waals surface area contributed by atoms with Gasteiger partial charge in [-0.15, -0.1) is 0 Å². The van der Waals surface area contributed by atoms with Gasteiger partial charge in [-0.3, -0.25) is 18.6 Å². The Morgan fingerprint density at radius 1 is 0.741 bits per heavy atom. The minimum absolute atomic E-state index is 0.00552. The summed E-state index contributed by atoms with van der Waals surface area (Å²) in [6.07, 6.45) is 27.5. The van der Waals surface area contributed by atoms with Crippen molar-refractivity contribution in [3.05, 3.63) is 24.3 Å². The number of phosphoric ester groups is 1. The minimum atomic E-state index is -4.43. The van der Waals surface area contributed by atoms with Crippen LogP contribution in [0.4, 0.5) is 0 Å². The molecule has 0 bridgehead atoms. The molecule has 0 radical (unpaired) electrons. The second-order valence-electron chi connectivity index (χ2n) is 17.4. The summed E-state index contributed by atoms with van der Waals surface area (Å²) in [7, 11) is 1.35. The zero-order valence-corrected chi connectivity index (χ0v) is 38.0. The van der Waals surface area contributed by atoms with Crippen LogP contribution in [0.1, 0.15) is 168 Å². The first-order chi connectivity index (χ1) is 27.7. The number of carbonyl (C=O) groups excluding carboxylic acids is 2. The molecular weight excluding hydrogens is 761 g/mol. The van der Waals surface area contributed by atoms with Crippen LogP contribution in [0.2, 0.25) is 0 Å². The van der Waals surface area contributed by atoms with Gasteiger partial charge in [-0.05, 0) is 38.0 Å². The van der Waals surface area contributed by atoms with E-state index in [2.05, 4.69) is 13.8 Å². The zero-order valence-electron chi connectivity index (χ0n) is 37.1. The zero-order chi connectivity index (χ0) is 43.1. The van der Waals surface area contributed by atoms with E-state index in [-0.39, 0.29) is 37.9 Å². The van der Waals surface area contributed by atoms with Gasteiger partial charge in [0.05, 0.1) is 46.1 Å². The number of esters is 2. The molecule has 0 spiro atoms. The van der Waals surface area contributed by atoms with E-state index in [9.17, 15) is 34.4 Å². The molecule has 4 N–H and O–H groups in total. The molecule has 12 nitrogen and oxygen atoms in total. The number of allylic oxidation sites excluding steroid dienone is 2. The standard InChI is InChI=1S/C45H84NO11P/c1-6-8-10-11-12-13-14-15-16-17-18-19-20-26-30-45(51)57-39(37-56-58(52,53)55-34-33-46(3,4)5)36-54-44(50)29-25-22-21-24-28-40-41(43(49)35-42(40)48)32-31-38(47)27-23-9-7-2/h21,24,31-32,38-43,47-49H,6-20,22-23,25-30,33-37H2,1-5H3/p+1/b24-21+,32-31+/t38-,39+,40+,41+,42-,43+/m0/s1. The van der Waals surface area contributed by atoms with E-state index in [1.807, 2.05) is 39.4 Å². The monoisotopic (exact) mass is 847 g/mol. The van der Waals surface area contributed by atoms with Gasteiger partial charge in [0.2, 0.25) is 0 Å². The van der Waals surface area contributed by atoms with Gasteiger partial charge in [-0.25, -0.2) is 4.57 Å². The highest BCUT2D eigenvalue weighted by atomic mass is 31.2. The first-order valence-electron chi connectivity index (χ1n) is 22.8. The van der Waals surface area contributed by atoms with Crippen LogP contribution >= 0.6 is 7.82 Å². The Hall–Kier alpha value is -1.63. The molecule has 340 valence electrons. The molecule has 1 aliphatic carbocycles. The van der Waals surface area contributed by atoms with E-state index in [1.54, 1.807) is 6.08 Å². The Balaban J connectivity index is 2.49. The molecule has 1 saturated carbocycles. The summed E-state index contributed by atoms with van der Waals surface area (Å²) >= 11 is 0. The van der Waals surface area contributed by atoms with Gasteiger partial charge >= 0.3 is 19.8 Å². The molecule has 1 rings (SSSR count). The molecular formula is C45H85NO11P+. The number of aliphatic hydroxyl groups is 3. The number of carbonyl (C=O) groups is 2. The minimum Gasteiger partial charge on any atom is -0.462 e. The highest BCUT2D eigenvalue weighted by Gasteiger charge is 2.39. The van der Waals surface area contributed by atoms with Crippen molar-refractivity contribution in [3.8, 4) is 0 Å². The van der Waals surface area contributed by atoms with Gasteiger partial charge < -0.3 is 34.2 Å². The fourth-order valence-corrected chi connectivity index (χ4v) is 7.87. The van der Waals surface area contributed by atoms with Crippen molar-refractivity contribution in [1.82, 2.24) is 0 Å². The fraction of sp³-hybridized carbons (Fsp3) is 0.867. The predicted octanol–water partition coefficient (Wildman–Crippen LogP) is 9.12. The number of unbranched alkanes of at least 4 members (excludes halogenated alkanes) is 16. The highest BCUT2D eigenvalue weighted by molar-refractivity contribution is 7.47. The molecule has 0 aromatic carbocycles. The first-order valence-corrected chi connectivity index (χ1v) is 24.3. The van der Waals surface area contributed by atoms with Crippen molar-refractivity contribution in [2.75, 3.05) is 47.5 Å². The Kier molecular flexibility index (Phi) is 31.0. The second-order valence-corrected chi connectivity index (χ2v) is 18.9. The molecule has 0 heterocycles. The number of aliphatic hydroxyl groups excluding tert-OH is 3. The van der Waals surface area contributed by atoms with E-state index in [0.29, 0.717) is 49.6 Å². The summed E-state index contributed by atoms with van der Waals surface area (Å²) in [4.78, 5) is 35.6. The Labute approximate surface area is 352 Å². The lowest BCUT2D eigenvalue weighted by Gasteiger charge is -2.24. The average Bonchev–Trinajstić information content (AvgIpc) is 3.43. The SMILES string of the molecule is CCCCCCCCCCCCCCCCC(=O)O[C@H](COC(=O)CCC/C=C/C[C@@H]1[C@@H](/C=C/[C@@H](O)CCCCC)[C@H](O)C[C@@H]1O)COP(=O)(O)OCC[N+](C)(C)C. The Morgan fingerprint density at radius 2 is 1.31 bits per heavy atom. The number of quaternary nitrogens is 1. The predicted molar refractivity (Wildman–Crippen MR) is 231 cm³/mol. The van der Waals surface area contributed by atoms with Crippen LogP contribution in [0.3, 0.4) is 0 Å². The van der Waals surface area contributed by atoms with Gasteiger partial charge in [0.25, 0.3) is 0 Å². The van der Waals surface area contributed by atoms with Crippen molar-refractivity contribution in [3.63, 3.8) is 0 Å². The van der Waals surface area contributed by atoms with Crippen molar-refractivity contribution < 1.29 is 57.4 Å². The number of phosphoric acid groups is 1. The van der Waals surface area contributed by atoms with Crippen molar-refractivity contribution in [2.45, 2.75) is 192 Å². The Morgan fingerprint density at radius 3 is 1.91 bits per heavy atom. The van der Waals surface area contributed by atoms with Crippen LogP contribution in [0.25, 0.3) is 0 Å². The van der Waals surface area contributed by atoms with Crippen LogP contribution in [-0.4, -0.2) is 109 Å². The summed E-state index contributed by atoms with van der Waals surface area (Å²) in [5.41, 5.74) is 0. The number of ether oxygens (including phenoxy) is 2. The molecule has 0 aromatic rings. The molecule has 7 atom stereocenters. The van der Waals surface area contributed by atoms with E-state index in [1.165, 1.54) is 64.2 Å². The lowest BCUT2D eigenvalue weighted by atomic mass is 9.89. The van der Waals surface area contributed by atoms with Gasteiger partial charge in [-0.2, -0.15) is 0 Å². The third-order valence-electron chi connectivity index (χ3n) is 10.8. The second kappa shape index (κ2) is 33.1. The molecule has 0 aromatic heterocycles. The molecule has 1 unspecified atom stereocenters.